The number of nitrogens with one attached hydrogen (secondary N) is 1. The van der Waals surface area contributed by atoms with Gasteiger partial charge in [0.2, 0.25) is 0 Å². The van der Waals surface area contributed by atoms with Crippen LogP contribution in [0.3, 0.4) is 0 Å². The molecule has 0 aromatic heterocycles. The summed E-state index contributed by atoms with van der Waals surface area (Å²) in [5, 5.41) is 12.2. The molecule has 1 aromatic carbocycles. The summed E-state index contributed by atoms with van der Waals surface area (Å²) in [6.07, 6.45) is 2.50. The van der Waals surface area contributed by atoms with E-state index in [1.54, 1.807) is 13.2 Å². The van der Waals surface area contributed by atoms with Gasteiger partial charge in [0.15, 0.2) is 0 Å². The van der Waals surface area contributed by atoms with E-state index in [0.29, 0.717) is 12.2 Å². The third kappa shape index (κ3) is 3.22. The summed E-state index contributed by atoms with van der Waals surface area (Å²) < 4.78 is 11.1. The van der Waals surface area contributed by atoms with Crippen molar-refractivity contribution >= 4 is 0 Å². The van der Waals surface area contributed by atoms with Gasteiger partial charge in [-0.15, -0.1) is 0 Å². The molecule has 0 bridgehead atoms. The molecule has 1 atom stereocenters. The first kappa shape index (κ1) is 12.9. The molecule has 2 rings (SSSR count). The molecule has 0 amide bonds. The molecule has 0 radical (unpaired) electrons. The number of nitriles is 1. The Morgan fingerprint density at radius 2 is 2.39 bits per heavy atom. The zero-order valence-electron chi connectivity index (χ0n) is 10.6. The lowest BCUT2D eigenvalue weighted by Crippen LogP contribution is -2.35. The van der Waals surface area contributed by atoms with Gasteiger partial charge in [-0.25, -0.2) is 0 Å². The predicted molar refractivity (Wildman–Crippen MR) is 68.4 cm³/mol. The second kappa shape index (κ2) is 6.39. The quantitative estimate of drug-likeness (QED) is 0.880. The van der Waals surface area contributed by atoms with E-state index in [9.17, 15) is 0 Å². The molecule has 1 unspecified atom stereocenters. The number of hydrogen-bond acceptors (Lipinski definition) is 4. The van der Waals surface area contributed by atoms with Crippen molar-refractivity contribution in [3.8, 4) is 11.8 Å². The number of hydrogen-bond donors (Lipinski definition) is 1. The first-order chi connectivity index (χ1) is 8.83. The lowest BCUT2D eigenvalue weighted by Gasteiger charge is -2.23. The van der Waals surface area contributed by atoms with Crippen LogP contribution < -0.4 is 10.1 Å². The zero-order valence-corrected chi connectivity index (χ0v) is 10.6. The lowest BCUT2D eigenvalue weighted by atomic mass is 10.1. The smallest absolute Gasteiger partial charge is 0.124 e. The van der Waals surface area contributed by atoms with Gasteiger partial charge in [-0.05, 0) is 37.6 Å². The van der Waals surface area contributed by atoms with E-state index in [0.717, 1.165) is 37.2 Å². The molecule has 4 nitrogen and oxygen atoms in total. The number of benzene rings is 1. The predicted octanol–water partition coefficient (Wildman–Crippen LogP) is 1.84. The largest absolute Gasteiger partial charge is 0.496 e. The summed E-state index contributed by atoms with van der Waals surface area (Å²) in [7, 11) is 1.63. The van der Waals surface area contributed by atoms with E-state index in [1.807, 2.05) is 12.1 Å². The number of piperidine rings is 1. The first-order valence-corrected chi connectivity index (χ1v) is 6.23. The van der Waals surface area contributed by atoms with Gasteiger partial charge in [-0.2, -0.15) is 5.26 Å². The molecule has 96 valence electrons. The van der Waals surface area contributed by atoms with E-state index >= 15 is 0 Å². The fraction of sp³-hybridized carbons (Fsp3) is 0.500. The maximum atomic E-state index is 8.90. The Labute approximate surface area is 108 Å². The average molecular weight is 246 g/mol. The molecule has 1 saturated heterocycles. The van der Waals surface area contributed by atoms with Crippen molar-refractivity contribution < 1.29 is 9.47 Å². The van der Waals surface area contributed by atoms with Crippen molar-refractivity contribution in [3.05, 3.63) is 29.3 Å². The second-order valence-corrected chi connectivity index (χ2v) is 4.42. The standard InChI is InChI=1S/C14H18N2O2/c1-17-14-5-4-11(8-15)7-12(14)10-18-13-3-2-6-16-9-13/h4-5,7,13,16H,2-3,6,9-10H2,1H3. The fourth-order valence-corrected chi connectivity index (χ4v) is 2.13. The van der Waals surface area contributed by atoms with Crippen molar-refractivity contribution in [1.82, 2.24) is 5.32 Å². The van der Waals surface area contributed by atoms with Crippen LogP contribution >= 0.6 is 0 Å². The normalized spacial score (nSPS) is 19.2. The molecule has 4 heteroatoms. The van der Waals surface area contributed by atoms with Gasteiger partial charge in [0, 0.05) is 12.1 Å². The number of ether oxygens (including phenoxy) is 2. The van der Waals surface area contributed by atoms with Crippen LogP contribution in [0.15, 0.2) is 18.2 Å². The van der Waals surface area contributed by atoms with Crippen LogP contribution in [0.2, 0.25) is 0 Å². The molecule has 0 spiro atoms. The Kier molecular flexibility index (Phi) is 4.57. The van der Waals surface area contributed by atoms with Gasteiger partial charge >= 0.3 is 0 Å². The molecule has 1 aliphatic heterocycles. The molecule has 1 aliphatic rings. The number of methoxy groups -OCH3 is 1. The van der Waals surface area contributed by atoms with E-state index < -0.39 is 0 Å². The minimum absolute atomic E-state index is 0.259. The highest BCUT2D eigenvalue weighted by molar-refractivity contribution is 5.41. The van der Waals surface area contributed by atoms with Gasteiger partial charge in [-0.1, -0.05) is 0 Å². The Balaban J connectivity index is 2.00. The van der Waals surface area contributed by atoms with Crippen LogP contribution in [0.1, 0.15) is 24.0 Å². The molecule has 1 fully saturated rings. The summed E-state index contributed by atoms with van der Waals surface area (Å²) in [6, 6.07) is 7.53. The van der Waals surface area contributed by atoms with Gasteiger partial charge < -0.3 is 14.8 Å². The molecule has 0 aliphatic carbocycles. The van der Waals surface area contributed by atoms with Crippen LogP contribution in [-0.2, 0) is 11.3 Å². The van der Waals surface area contributed by atoms with Crippen LogP contribution in [0.25, 0.3) is 0 Å². The Morgan fingerprint density at radius 1 is 1.50 bits per heavy atom. The molecule has 1 aromatic rings. The molecule has 1 N–H and O–H groups in total. The lowest BCUT2D eigenvalue weighted by molar-refractivity contribution is 0.0244. The summed E-state index contributed by atoms with van der Waals surface area (Å²) in [4.78, 5) is 0. The van der Waals surface area contributed by atoms with E-state index in [-0.39, 0.29) is 6.10 Å². The summed E-state index contributed by atoms with van der Waals surface area (Å²) in [5.41, 5.74) is 1.57. The number of rotatable bonds is 4. The Bertz CT molecular complexity index is 434. The summed E-state index contributed by atoms with van der Waals surface area (Å²) in [6.45, 7) is 2.47. The fourth-order valence-electron chi connectivity index (χ4n) is 2.13. The van der Waals surface area contributed by atoms with Crippen LogP contribution in [-0.4, -0.2) is 26.3 Å². The van der Waals surface area contributed by atoms with Crippen LogP contribution in [0.4, 0.5) is 0 Å². The van der Waals surface area contributed by atoms with Gasteiger partial charge in [0.05, 0.1) is 31.5 Å². The molecule has 0 saturated carbocycles. The topological polar surface area (TPSA) is 54.3 Å². The molecular weight excluding hydrogens is 228 g/mol. The second-order valence-electron chi connectivity index (χ2n) is 4.42. The Hall–Kier alpha value is -1.57. The SMILES string of the molecule is COc1ccc(C#N)cc1COC1CCCNC1. The molecular formula is C14H18N2O2. The maximum absolute atomic E-state index is 8.90. The highest BCUT2D eigenvalue weighted by Gasteiger charge is 2.14. The van der Waals surface area contributed by atoms with Crippen molar-refractivity contribution in [2.45, 2.75) is 25.6 Å². The average Bonchev–Trinajstić information content (AvgIpc) is 2.45. The third-order valence-corrected chi connectivity index (χ3v) is 3.14. The van der Waals surface area contributed by atoms with Gasteiger partial charge in [0.25, 0.3) is 0 Å². The summed E-state index contributed by atoms with van der Waals surface area (Å²) >= 11 is 0. The third-order valence-electron chi connectivity index (χ3n) is 3.14. The maximum Gasteiger partial charge on any atom is 0.124 e. The van der Waals surface area contributed by atoms with Gasteiger partial charge in [-0.3, -0.25) is 0 Å². The van der Waals surface area contributed by atoms with Crippen LogP contribution in [0, 0.1) is 11.3 Å². The van der Waals surface area contributed by atoms with Crippen LogP contribution in [0.5, 0.6) is 5.75 Å². The monoisotopic (exact) mass is 246 g/mol. The van der Waals surface area contributed by atoms with Gasteiger partial charge in [0.1, 0.15) is 5.75 Å². The van der Waals surface area contributed by atoms with Crippen molar-refractivity contribution in [1.29, 1.82) is 5.26 Å². The van der Waals surface area contributed by atoms with E-state index in [2.05, 4.69) is 11.4 Å². The van der Waals surface area contributed by atoms with Crippen molar-refractivity contribution in [3.63, 3.8) is 0 Å². The zero-order chi connectivity index (χ0) is 12.8. The van der Waals surface area contributed by atoms with Crippen molar-refractivity contribution in [2.24, 2.45) is 0 Å². The highest BCUT2D eigenvalue weighted by atomic mass is 16.5. The first-order valence-electron chi connectivity index (χ1n) is 6.23. The van der Waals surface area contributed by atoms with E-state index in [1.165, 1.54) is 0 Å². The summed E-state index contributed by atoms with van der Waals surface area (Å²) in [5.74, 6) is 0.776. The minimum Gasteiger partial charge on any atom is -0.496 e. The minimum atomic E-state index is 0.259. The molecule has 18 heavy (non-hydrogen) atoms. The Morgan fingerprint density at radius 3 is 3.06 bits per heavy atom. The van der Waals surface area contributed by atoms with E-state index in [4.69, 9.17) is 14.7 Å². The number of nitrogens with zero attached hydrogens (tertiary/aromatic N) is 1. The van der Waals surface area contributed by atoms with Crippen molar-refractivity contribution in [2.75, 3.05) is 20.2 Å². The molecule has 1 heterocycles. The highest BCUT2D eigenvalue weighted by Crippen LogP contribution is 2.21.